The van der Waals surface area contributed by atoms with Gasteiger partial charge in [0.2, 0.25) is 11.8 Å². The summed E-state index contributed by atoms with van der Waals surface area (Å²) in [6.45, 7) is 9.89. The molecule has 0 amide bonds. The molecule has 1 aliphatic heterocycles. The third kappa shape index (κ3) is 5.38. The number of hydrogen-bond acceptors (Lipinski definition) is 6. The van der Waals surface area contributed by atoms with Gasteiger partial charge in [0, 0.05) is 24.5 Å². The highest BCUT2D eigenvalue weighted by Gasteiger charge is 2.53. The highest BCUT2D eigenvalue weighted by atomic mass is 32.2. The molecule has 0 spiro atoms. The monoisotopic (exact) mass is 445 g/mol. The van der Waals surface area contributed by atoms with E-state index in [0.717, 1.165) is 0 Å². The Labute approximate surface area is 179 Å². The van der Waals surface area contributed by atoms with Crippen LogP contribution >= 0.6 is 0 Å². The molecule has 168 valence electrons. The van der Waals surface area contributed by atoms with Crippen LogP contribution in [-0.2, 0) is 30.3 Å². The van der Waals surface area contributed by atoms with Gasteiger partial charge in [0.15, 0.2) is 11.1 Å². The first-order valence-corrected chi connectivity index (χ1v) is 11.6. The molecule has 1 aromatic rings. The SMILES string of the molecule is CCOS(=O)Cc1cnc(OC2CCC(F)(F)CC2)c(B2OC(C)(C)C(C)(C)O2)c1. The summed E-state index contributed by atoms with van der Waals surface area (Å²) < 4.78 is 62.5. The third-order valence-electron chi connectivity index (χ3n) is 5.92. The van der Waals surface area contributed by atoms with Crippen molar-refractivity contribution in [1.29, 1.82) is 0 Å². The fraction of sp³-hybridized carbons (Fsp3) is 0.750. The van der Waals surface area contributed by atoms with Crippen LogP contribution in [0.4, 0.5) is 8.78 Å². The molecule has 0 N–H and O–H groups in total. The molecule has 1 unspecified atom stereocenters. The molecular formula is C20H30BF2NO5S. The minimum atomic E-state index is -2.63. The summed E-state index contributed by atoms with van der Waals surface area (Å²) in [5, 5.41) is 0. The molecule has 3 rings (SSSR count). The standard InChI is InChI=1S/C20H30BF2NO5S/c1-6-26-30(25)13-14-11-16(21-28-18(2,3)19(4,5)29-21)17(24-12-14)27-15-7-9-20(22,23)10-8-15/h11-12,15H,6-10,13H2,1-5H3. The molecule has 1 saturated heterocycles. The predicted octanol–water partition coefficient (Wildman–Crippen LogP) is 3.54. The fourth-order valence-electron chi connectivity index (χ4n) is 3.43. The normalized spacial score (nSPS) is 24.0. The van der Waals surface area contributed by atoms with Crippen molar-refractivity contribution >= 4 is 23.7 Å². The van der Waals surface area contributed by atoms with E-state index >= 15 is 0 Å². The van der Waals surface area contributed by atoms with Crippen LogP contribution in [0.1, 0.15) is 65.9 Å². The lowest BCUT2D eigenvalue weighted by Crippen LogP contribution is -2.41. The van der Waals surface area contributed by atoms with Gasteiger partial charge in [-0.25, -0.2) is 18.0 Å². The van der Waals surface area contributed by atoms with Crippen molar-refractivity contribution in [3.8, 4) is 5.88 Å². The molecular weight excluding hydrogens is 415 g/mol. The quantitative estimate of drug-likeness (QED) is 0.599. The Bertz CT molecular complexity index is 766. The van der Waals surface area contributed by atoms with Crippen LogP contribution in [0.15, 0.2) is 12.3 Å². The van der Waals surface area contributed by atoms with E-state index in [1.54, 1.807) is 19.2 Å². The van der Waals surface area contributed by atoms with Gasteiger partial charge in [-0.1, -0.05) is 6.07 Å². The van der Waals surface area contributed by atoms with Crippen molar-refractivity contribution in [3.63, 3.8) is 0 Å². The predicted molar refractivity (Wildman–Crippen MR) is 111 cm³/mol. The highest BCUT2D eigenvalue weighted by Crippen LogP contribution is 2.38. The Kier molecular flexibility index (Phi) is 6.91. The summed E-state index contributed by atoms with van der Waals surface area (Å²) in [4.78, 5) is 4.40. The van der Waals surface area contributed by atoms with Crippen molar-refractivity contribution in [2.45, 2.75) is 89.3 Å². The zero-order valence-electron chi connectivity index (χ0n) is 18.2. The van der Waals surface area contributed by atoms with Crippen LogP contribution in [0.25, 0.3) is 0 Å². The summed E-state index contributed by atoms with van der Waals surface area (Å²) >= 11 is -1.48. The number of nitrogens with zero attached hydrogens (tertiary/aromatic N) is 1. The molecule has 2 aliphatic rings. The average molecular weight is 445 g/mol. The van der Waals surface area contributed by atoms with E-state index in [4.69, 9.17) is 18.2 Å². The van der Waals surface area contributed by atoms with Crippen LogP contribution in [0.2, 0.25) is 0 Å². The van der Waals surface area contributed by atoms with Crippen LogP contribution in [0.5, 0.6) is 5.88 Å². The maximum Gasteiger partial charge on any atom is 0.500 e. The molecule has 1 aliphatic carbocycles. The van der Waals surface area contributed by atoms with Crippen molar-refractivity contribution < 1.29 is 31.2 Å². The van der Waals surface area contributed by atoms with Crippen molar-refractivity contribution in [2.75, 3.05) is 6.61 Å². The van der Waals surface area contributed by atoms with Gasteiger partial charge in [0.1, 0.15) is 6.10 Å². The Hall–Kier alpha value is -1.10. The lowest BCUT2D eigenvalue weighted by molar-refractivity contribution is -0.0587. The lowest BCUT2D eigenvalue weighted by atomic mass is 9.79. The van der Waals surface area contributed by atoms with Crippen LogP contribution in [-0.4, -0.2) is 46.1 Å². The van der Waals surface area contributed by atoms with Gasteiger partial charge < -0.3 is 14.0 Å². The number of halogens is 2. The molecule has 0 radical (unpaired) electrons. The second-order valence-corrected chi connectivity index (χ2v) is 9.99. The smallest absolute Gasteiger partial charge is 0.475 e. The van der Waals surface area contributed by atoms with Crippen molar-refractivity contribution in [1.82, 2.24) is 4.98 Å². The van der Waals surface area contributed by atoms with Crippen LogP contribution in [0, 0.1) is 0 Å². The Balaban J connectivity index is 1.85. The van der Waals surface area contributed by atoms with Gasteiger partial charge in [0.25, 0.3) is 0 Å². The summed E-state index contributed by atoms with van der Waals surface area (Å²) in [7, 11) is -0.733. The highest BCUT2D eigenvalue weighted by molar-refractivity contribution is 7.79. The molecule has 1 aromatic heterocycles. The summed E-state index contributed by atoms with van der Waals surface area (Å²) in [6, 6.07) is 1.79. The molecule has 0 aromatic carbocycles. The summed E-state index contributed by atoms with van der Waals surface area (Å²) in [5.74, 6) is -2.16. The third-order valence-corrected chi connectivity index (χ3v) is 6.99. The number of aromatic nitrogens is 1. The molecule has 2 heterocycles. The largest absolute Gasteiger partial charge is 0.500 e. The molecule has 0 bridgehead atoms. The second kappa shape index (κ2) is 8.80. The molecule has 6 nitrogen and oxygen atoms in total. The first-order valence-electron chi connectivity index (χ1n) is 10.3. The van der Waals surface area contributed by atoms with E-state index in [9.17, 15) is 13.0 Å². The van der Waals surface area contributed by atoms with Gasteiger partial charge in [-0.05, 0) is 53.0 Å². The first-order chi connectivity index (χ1) is 13.9. The van der Waals surface area contributed by atoms with E-state index in [1.165, 1.54) is 0 Å². The van der Waals surface area contributed by atoms with Crippen LogP contribution in [0.3, 0.4) is 0 Å². The molecule has 1 atom stereocenters. The van der Waals surface area contributed by atoms with Gasteiger partial charge >= 0.3 is 7.12 Å². The zero-order chi connectivity index (χ0) is 22.2. The molecule has 2 fully saturated rings. The fourth-order valence-corrected chi connectivity index (χ4v) is 4.21. The minimum absolute atomic E-state index is 0.170. The summed E-state index contributed by atoms with van der Waals surface area (Å²) in [5.41, 5.74) is 0.129. The topological polar surface area (TPSA) is 66.9 Å². The Morgan fingerprint density at radius 3 is 2.37 bits per heavy atom. The van der Waals surface area contributed by atoms with Gasteiger partial charge in [-0.15, -0.1) is 0 Å². The van der Waals surface area contributed by atoms with Crippen molar-refractivity contribution in [3.05, 3.63) is 17.8 Å². The maximum atomic E-state index is 13.5. The molecule has 1 saturated carbocycles. The van der Waals surface area contributed by atoms with E-state index in [0.29, 0.717) is 23.5 Å². The zero-order valence-corrected chi connectivity index (χ0v) is 19.0. The number of rotatable bonds is 7. The number of alkyl halides is 2. The number of ether oxygens (including phenoxy) is 1. The molecule has 30 heavy (non-hydrogen) atoms. The van der Waals surface area contributed by atoms with E-state index in [2.05, 4.69) is 4.98 Å². The second-order valence-electron chi connectivity index (χ2n) is 8.85. The Morgan fingerprint density at radius 1 is 1.20 bits per heavy atom. The van der Waals surface area contributed by atoms with Crippen LogP contribution < -0.4 is 10.2 Å². The van der Waals surface area contributed by atoms with E-state index < -0.39 is 35.3 Å². The molecule has 10 heteroatoms. The average Bonchev–Trinajstić information content (AvgIpc) is 2.85. The van der Waals surface area contributed by atoms with E-state index in [-0.39, 0.29) is 37.5 Å². The maximum absolute atomic E-state index is 13.5. The number of hydrogen-bond donors (Lipinski definition) is 0. The number of pyridine rings is 1. The minimum Gasteiger partial charge on any atom is -0.475 e. The van der Waals surface area contributed by atoms with Gasteiger partial charge in [0.05, 0.1) is 23.6 Å². The summed E-state index contributed by atoms with van der Waals surface area (Å²) in [6.07, 6.45) is 1.34. The first kappa shape index (κ1) is 23.6. The van der Waals surface area contributed by atoms with Gasteiger partial charge in [-0.3, -0.25) is 4.18 Å². The van der Waals surface area contributed by atoms with E-state index in [1.807, 2.05) is 27.7 Å². The van der Waals surface area contributed by atoms with Crippen molar-refractivity contribution in [2.24, 2.45) is 0 Å². The van der Waals surface area contributed by atoms with Gasteiger partial charge in [-0.2, -0.15) is 0 Å². The Morgan fingerprint density at radius 2 is 1.80 bits per heavy atom. The lowest BCUT2D eigenvalue weighted by Gasteiger charge is -2.32.